The predicted octanol–water partition coefficient (Wildman–Crippen LogP) is 4.26. The van der Waals surface area contributed by atoms with Gasteiger partial charge in [0.15, 0.2) is 0 Å². The average Bonchev–Trinajstić information content (AvgIpc) is 2.51. The van der Waals surface area contributed by atoms with Gasteiger partial charge in [-0.25, -0.2) is 4.39 Å². The number of carbonyl (C=O) groups is 1. The summed E-state index contributed by atoms with van der Waals surface area (Å²) in [5, 5.41) is 2.69. The van der Waals surface area contributed by atoms with Crippen molar-refractivity contribution >= 4 is 23.4 Å². The van der Waals surface area contributed by atoms with Crippen molar-refractivity contribution in [2.75, 3.05) is 17.7 Å². The molecule has 0 unspecified atom stereocenters. The van der Waals surface area contributed by atoms with Crippen LogP contribution in [-0.4, -0.2) is 18.3 Å². The third kappa shape index (κ3) is 4.77. The van der Waals surface area contributed by atoms with Crippen LogP contribution in [0.1, 0.15) is 12.5 Å². The zero-order valence-electron chi connectivity index (χ0n) is 12.6. The molecule has 0 bridgehead atoms. The molecule has 0 aliphatic rings. The van der Waals surface area contributed by atoms with Crippen molar-refractivity contribution in [3.8, 4) is 5.75 Å². The van der Waals surface area contributed by atoms with E-state index in [1.54, 1.807) is 19.1 Å². The standard InChI is InChI=1S/C17H18FNO2S/c1-3-21-14-6-8-15(9-7-14)22-11-17(20)19-13-5-4-12(2)16(18)10-13/h4-10H,3,11H2,1-2H3,(H,19,20). The van der Waals surface area contributed by atoms with Gasteiger partial charge in [0, 0.05) is 10.6 Å². The first-order valence-corrected chi connectivity index (χ1v) is 7.98. The first-order chi connectivity index (χ1) is 10.6. The van der Waals surface area contributed by atoms with Gasteiger partial charge in [0.25, 0.3) is 0 Å². The Balaban J connectivity index is 1.85. The van der Waals surface area contributed by atoms with Crippen molar-refractivity contribution in [1.82, 2.24) is 0 Å². The Bertz CT molecular complexity index is 644. The molecular formula is C17H18FNO2S. The van der Waals surface area contributed by atoms with Crippen LogP contribution in [0.15, 0.2) is 47.4 Å². The van der Waals surface area contributed by atoms with Crippen LogP contribution in [0.25, 0.3) is 0 Å². The highest BCUT2D eigenvalue weighted by Gasteiger charge is 2.06. The Morgan fingerprint density at radius 3 is 2.59 bits per heavy atom. The molecule has 116 valence electrons. The number of amides is 1. The summed E-state index contributed by atoms with van der Waals surface area (Å²) in [6, 6.07) is 12.2. The van der Waals surface area contributed by atoms with E-state index in [0.29, 0.717) is 17.9 Å². The van der Waals surface area contributed by atoms with E-state index in [9.17, 15) is 9.18 Å². The van der Waals surface area contributed by atoms with E-state index < -0.39 is 0 Å². The molecule has 0 aromatic heterocycles. The SMILES string of the molecule is CCOc1ccc(SCC(=O)Nc2ccc(C)c(F)c2)cc1. The Morgan fingerprint density at radius 2 is 1.95 bits per heavy atom. The topological polar surface area (TPSA) is 38.3 Å². The van der Waals surface area contributed by atoms with Crippen LogP contribution in [0.4, 0.5) is 10.1 Å². The van der Waals surface area contributed by atoms with E-state index in [1.165, 1.54) is 17.8 Å². The number of nitrogens with one attached hydrogen (secondary N) is 1. The summed E-state index contributed by atoms with van der Waals surface area (Å²) in [4.78, 5) is 12.9. The number of ether oxygens (including phenoxy) is 1. The quantitative estimate of drug-likeness (QED) is 0.808. The number of halogens is 1. The number of anilines is 1. The third-order valence-electron chi connectivity index (χ3n) is 2.96. The lowest BCUT2D eigenvalue weighted by molar-refractivity contribution is -0.113. The predicted molar refractivity (Wildman–Crippen MR) is 88.1 cm³/mol. The minimum absolute atomic E-state index is 0.165. The van der Waals surface area contributed by atoms with Gasteiger partial charge in [0.2, 0.25) is 5.91 Å². The summed E-state index contributed by atoms with van der Waals surface area (Å²) in [6.07, 6.45) is 0. The number of hydrogen-bond donors (Lipinski definition) is 1. The Kier molecular flexibility index (Phi) is 5.83. The molecule has 0 aliphatic carbocycles. The summed E-state index contributed by atoms with van der Waals surface area (Å²) in [6.45, 7) is 4.24. The van der Waals surface area contributed by atoms with E-state index in [-0.39, 0.29) is 17.5 Å². The molecule has 0 saturated heterocycles. The maximum atomic E-state index is 13.4. The van der Waals surface area contributed by atoms with Crippen LogP contribution in [-0.2, 0) is 4.79 Å². The van der Waals surface area contributed by atoms with Crippen LogP contribution in [0.5, 0.6) is 5.75 Å². The van der Waals surface area contributed by atoms with Crippen molar-refractivity contribution in [3.63, 3.8) is 0 Å². The largest absolute Gasteiger partial charge is 0.494 e. The molecule has 2 aromatic carbocycles. The van der Waals surface area contributed by atoms with Crippen LogP contribution in [0.2, 0.25) is 0 Å². The van der Waals surface area contributed by atoms with Gasteiger partial charge >= 0.3 is 0 Å². The van der Waals surface area contributed by atoms with Crippen molar-refractivity contribution in [3.05, 3.63) is 53.8 Å². The van der Waals surface area contributed by atoms with Crippen LogP contribution < -0.4 is 10.1 Å². The first kappa shape index (κ1) is 16.4. The van der Waals surface area contributed by atoms with Gasteiger partial charge in [-0.2, -0.15) is 0 Å². The number of rotatable bonds is 6. The fourth-order valence-corrected chi connectivity index (χ4v) is 2.51. The number of carbonyl (C=O) groups excluding carboxylic acids is 1. The maximum Gasteiger partial charge on any atom is 0.234 e. The highest BCUT2D eigenvalue weighted by atomic mass is 32.2. The molecule has 1 N–H and O–H groups in total. The number of aryl methyl sites for hydroxylation is 1. The molecule has 22 heavy (non-hydrogen) atoms. The zero-order chi connectivity index (χ0) is 15.9. The molecule has 0 saturated carbocycles. The summed E-state index contributed by atoms with van der Waals surface area (Å²) in [5.74, 6) is 0.592. The van der Waals surface area contributed by atoms with E-state index in [1.807, 2.05) is 31.2 Å². The normalized spacial score (nSPS) is 10.3. The van der Waals surface area contributed by atoms with Crippen molar-refractivity contribution in [2.24, 2.45) is 0 Å². The second-order valence-corrected chi connectivity index (χ2v) is 5.75. The average molecular weight is 319 g/mol. The molecule has 0 atom stereocenters. The van der Waals surface area contributed by atoms with Crippen LogP contribution >= 0.6 is 11.8 Å². The molecule has 0 radical (unpaired) electrons. The number of thioether (sulfide) groups is 1. The first-order valence-electron chi connectivity index (χ1n) is 7.00. The molecule has 2 aromatic rings. The van der Waals surface area contributed by atoms with E-state index in [0.717, 1.165) is 10.6 Å². The minimum Gasteiger partial charge on any atom is -0.494 e. The molecule has 0 heterocycles. The van der Waals surface area contributed by atoms with Crippen molar-refractivity contribution in [1.29, 1.82) is 0 Å². The highest BCUT2D eigenvalue weighted by Crippen LogP contribution is 2.22. The summed E-state index contributed by atoms with van der Waals surface area (Å²) < 4.78 is 18.8. The Hall–Kier alpha value is -2.01. The summed E-state index contributed by atoms with van der Waals surface area (Å²) in [5.41, 5.74) is 1.03. The van der Waals surface area contributed by atoms with E-state index >= 15 is 0 Å². The van der Waals surface area contributed by atoms with E-state index in [2.05, 4.69) is 5.32 Å². The van der Waals surface area contributed by atoms with Gasteiger partial charge in [0.05, 0.1) is 12.4 Å². The third-order valence-corrected chi connectivity index (χ3v) is 3.97. The van der Waals surface area contributed by atoms with Gasteiger partial charge in [0.1, 0.15) is 11.6 Å². The molecule has 5 heteroatoms. The van der Waals surface area contributed by atoms with Gasteiger partial charge in [-0.05, 0) is 55.8 Å². The van der Waals surface area contributed by atoms with Crippen molar-refractivity contribution < 1.29 is 13.9 Å². The lowest BCUT2D eigenvalue weighted by Gasteiger charge is -2.07. The maximum absolute atomic E-state index is 13.4. The van der Waals surface area contributed by atoms with Gasteiger partial charge < -0.3 is 10.1 Å². The molecule has 2 rings (SSSR count). The van der Waals surface area contributed by atoms with Gasteiger partial charge in [-0.15, -0.1) is 11.8 Å². The lowest BCUT2D eigenvalue weighted by atomic mass is 10.2. The highest BCUT2D eigenvalue weighted by molar-refractivity contribution is 8.00. The fraction of sp³-hybridized carbons (Fsp3) is 0.235. The van der Waals surface area contributed by atoms with Crippen molar-refractivity contribution in [2.45, 2.75) is 18.7 Å². The van der Waals surface area contributed by atoms with Crippen LogP contribution in [0, 0.1) is 12.7 Å². The fourth-order valence-electron chi connectivity index (χ4n) is 1.82. The minimum atomic E-state index is -0.322. The summed E-state index contributed by atoms with van der Waals surface area (Å²) >= 11 is 1.42. The van der Waals surface area contributed by atoms with Crippen LogP contribution in [0.3, 0.4) is 0 Å². The molecule has 0 fully saturated rings. The Labute approximate surface area is 133 Å². The molecule has 3 nitrogen and oxygen atoms in total. The van der Waals surface area contributed by atoms with E-state index in [4.69, 9.17) is 4.74 Å². The molecule has 0 spiro atoms. The zero-order valence-corrected chi connectivity index (χ0v) is 13.4. The Morgan fingerprint density at radius 1 is 1.23 bits per heavy atom. The smallest absolute Gasteiger partial charge is 0.234 e. The summed E-state index contributed by atoms with van der Waals surface area (Å²) in [7, 11) is 0. The van der Waals surface area contributed by atoms with Gasteiger partial charge in [-0.1, -0.05) is 6.07 Å². The lowest BCUT2D eigenvalue weighted by Crippen LogP contribution is -2.14. The molecule has 1 amide bonds. The second-order valence-electron chi connectivity index (χ2n) is 4.71. The number of hydrogen-bond acceptors (Lipinski definition) is 3. The second kappa shape index (κ2) is 7.84. The molecular weight excluding hydrogens is 301 g/mol. The molecule has 0 aliphatic heterocycles. The van der Waals surface area contributed by atoms with Gasteiger partial charge in [-0.3, -0.25) is 4.79 Å². The number of benzene rings is 2. The monoisotopic (exact) mass is 319 g/mol.